The molecule has 0 aliphatic carbocycles. The van der Waals surface area contributed by atoms with Crippen LogP contribution in [-0.2, 0) is 10.2 Å². The normalized spacial score (nSPS) is 13.2. The van der Waals surface area contributed by atoms with E-state index < -0.39 is 12.1 Å². The minimum atomic E-state index is -1.52. The Hall–Kier alpha value is -1.55. The van der Waals surface area contributed by atoms with E-state index >= 15 is 0 Å². The van der Waals surface area contributed by atoms with Gasteiger partial charge in [-0.2, -0.15) is 0 Å². The molecule has 0 aliphatic rings. The van der Waals surface area contributed by atoms with Crippen LogP contribution in [0.25, 0.3) is 0 Å². The molecule has 4 nitrogen and oxygen atoms in total. The smallest absolute Gasteiger partial charge is 0.337 e. The van der Waals surface area contributed by atoms with E-state index in [2.05, 4.69) is 20.8 Å². The zero-order valence-corrected chi connectivity index (χ0v) is 11.4. The fraction of sp³-hybridized carbons (Fsp3) is 0.500. The minimum absolute atomic E-state index is 0.108. The molecule has 1 aromatic rings. The second-order valence-electron chi connectivity index (χ2n) is 5.40. The van der Waals surface area contributed by atoms with Crippen LogP contribution in [0.3, 0.4) is 0 Å². The highest BCUT2D eigenvalue weighted by molar-refractivity contribution is 5.75. The summed E-state index contributed by atoms with van der Waals surface area (Å²) < 4.78 is 5.29. The van der Waals surface area contributed by atoms with E-state index in [-0.39, 0.29) is 5.41 Å². The van der Waals surface area contributed by atoms with Crippen molar-refractivity contribution in [1.82, 2.24) is 0 Å². The molecule has 0 bridgehead atoms. The lowest BCUT2D eigenvalue weighted by molar-refractivity contribution is -0.147. The molecule has 0 aromatic heterocycles. The summed E-state index contributed by atoms with van der Waals surface area (Å²) in [7, 11) is 1.54. The highest BCUT2D eigenvalue weighted by Crippen LogP contribution is 2.35. The van der Waals surface area contributed by atoms with Crippen LogP contribution in [0.4, 0.5) is 0 Å². The fourth-order valence-corrected chi connectivity index (χ4v) is 1.89. The number of rotatable bonds is 3. The van der Waals surface area contributed by atoms with Crippen molar-refractivity contribution in [3.05, 3.63) is 28.8 Å². The van der Waals surface area contributed by atoms with Crippen LogP contribution in [0.15, 0.2) is 12.1 Å². The van der Waals surface area contributed by atoms with Gasteiger partial charge in [0.2, 0.25) is 0 Å². The molecule has 0 saturated heterocycles. The largest absolute Gasteiger partial charge is 0.496 e. The van der Waals surface area contributed by atoms with E-state index in [9.17, 15) is 9.90 Å². The van der Waals surface area contributed by atoms with E-state index in [0.29, 0.717) is 11.3 Å². The lowest BCUT2D eigenvalue weighted by Crippen LogP contribution is -2.16. The van der Waals surface area contributed by atoms with Gasteiger partial charge in [0.15, 0.2) is 6.10 Å². The Labute approximate surface area is 107 Å². The van der Waals surface area contributed by atoms with Gasteiger partial charge in [0.05, 0.1) is 7.11 Å². The Kier molecular flexibility index (Phi) is 4.02. The first-order valence-electron chi connectivity index (χ1n) is 5.78. The van der Waals surface area contributed by atoms with E-state index in [4.69, 9.17) is 9.84 Å². The van der Waals surface area contributed by atoms with Crippen molar-refractivity contribution in [2.24, 2.45) is 0 Å². The van der Waals surface area contributed by atoms with Gasteiger partial charge in [-0.3, -0.25) is 0 Å². The molecule has 4 heteroatoms. The lowest BCUT2D eigenvalue weighted by atomic mass is 9.84. The SMILES string of the molecule is COc1cc(C(O)C(=O)O)c(C)cc1C(C)(C)C. The molecule has 0 saturated carbocycles. The number of carbonyl (C=O) groups is 1. The van der Waals surface area contributed by atoms with Crippen LogP contribution in [0, 0.1) is 6.92 Å². The predicted octanol–water partition coefficient (Wildman–Crippen LogP) is 2.42. The van der Waals surface area contributed by atoms with Crippen molar-refractivity contribution in [2.45, 2.75) is 39.2 Å². The Morgan fingerprint density at radius 1 is 1.33 bits per heavy atom. The van der Waals surface area contributed by atoms with Gasteiger partial charge in [0.25, 0.3) is 0 Å². The lowest BCUT2D eigenvalue weighted by Gasteiger charge is -2.24. The Balaban J connectivity index is 3.40. The van der Waals surface area contributed by atoms with Gasteiger partial charge >= 0.3 is 5.97 Å². The number of aliphatic carboxylic acids is 1. The first kappa shape index (κ1) is 14.5. The Morgan fingerprint density at radius 3 is 2.28 bits per heavy atom. The van der Waals surface area contributed by atoms with Crippen LogP contribution < -0.4 is 4.74 Å². The number of hydrogen-bond donors (Lipinski definition) is 2. The summed E-state index contributed by atoms with van der Waals surface area (Å²) in [5.74, 6) is -0.660. The summed E-state index contributed by atoms with van der Waals surface area (Å²) in [5, 5.41) is 18.5. The van der Waals surface area contributed by atoms with E-state index in [0.717, 1.165) is 11.1 Å². The molecule has 0 heterocycles. The number of aryl methyl sites for hydroxylation is 1. The number of carboxylic acids is 1. The maximum absolute atomic E-state index is 10.8. The van der Waals surface area contributed by atoms with Crippen LogP contribution in [0.1, 0.15) is 43.6 Å². The second kappa shape index (κ2) is 4.98. The molecular formula is C14H20O4. The third kappa shape index (κ3) is 2.82. The van der Waals surface area contributed by atoms with Crippen molar-refractivity contribution in [3.63, 3.8) is 0 Å². The third-order valence-electron chi connectivity index (χ3n) is 2.92. The zero-order valence-electron chi connectivity index (χ0n) is 11.4. The van der Waals surface area contributed by atoms with Crippen LogP contribution in [0.5, 0.6) is 5.75 Å². The third-order valence-corrected chi connectivity index (χ3v) is 2.92. The molecular weight excluding hydrogens is 232 g/mol. The van der Waals surface area contributed by atoms with Gasteiger partial charge in [-0.25, -0.2) is 4.79 Å². The Bertz CT molecular complexity index is 458. The number of methoxy groups -OCH3 is 1. The van der Waals surface area contributed by atoms with E-state index in [1.54, 1.807) is 13.0 Å². The number of carboxylic acid groups (broad SMARTS) is 1. The highest BCUT2D eigenvalue weighted by atomic mass is 16.5. The quantitative estimate of drug-likeness (QED) is 0.867. The van der Waals surface area contributed by atoms with Crippen LogP contribution in [0.2, 0.25) is 0 Å². The zero-order chi connectivity index (χ0) is 14.1. The number of benzene rings is 1. The number of hydrogen-bond acceptors (Lipinski definition) is 3. The molecule has 100 valence electrons. The summed E-state index contributed by atoms with van der Waals surface area (Å²) in [6, 6.07) is 3.48. The summed E-state index contributed by atoms with van der Waals surface area (Å²) in [4.78, 5) is 10.8. The van der Waals surface area contributed by atoms with Crippen molar-refractivity contribution in [2.75, 3.05) is 7.11 Å². The maximum Gasteiger partial charge on any atom is 0.337 e. The number of ether oxygens (including phenoxy) is 1. The van der Waals surface area contributed by atoms with Crippen molar-refractivity contribution in [1.29, 1.82) is 0 Å². The molecule has 1 rings (SSSR count). The molecule has 0 spiro atoms. The monoisotopic (exact) mass is 252 g/mol. The second-order valence-corrected chi connectivity index (χ2v) is 5.40. The van der Waals surface area contributed by atoms with Gasteiger partial charge in [-0.05, 0) is 35.1 Å². The number of aliphatic hydroxyl groups is 1. The molecule has 0 fully saturated rings. The van der Waals surface area contributed by atoms with E-state index in [1.807, 2.05) is 6.07 Å². The first-order valence-corrected chi connectivity index (χ1v) is 5.78. The average Bonchev–Trinajstić information content (AvgIpc) is 2.26. The van der Waals surface area contributed by atoms with Crippen molar-refractivity contribution >= 4 is 5.97 Å². The van der Waals surface area contributed by atoms with Gasteiger partial charge in [0.1, 0.15) is 5.75 Å². The molecule has 0 aliphatic heterocycles. The summed E-state index contributed by atoms with van der Waals surface area (Å²) in [6.07, 6.45) is -1.52. The molecule has 0 radical (unpaired) electrons. The van der Waals surface area contributed by atoms with Crippen LogP contribution in [-0.4, -0.2) is 23.3 Å². The fourth-order valence-electron chi connectivity index (χ4n) is 1.89. The van der Waals surface area contributed by atoms with Gasteiger partial charge in [-0.1, -0.05) is 26.8 Å². The first-order chi connectivity index (χ1) is 8.18. The maximum atomic E-state index is 10.8. The van der Waals surface area contributed by atoms with Gasteiger partial charge in [-0.15, -0.1) is 0 Å². The molecule has 1 atom stereocenters. The minimum Gasteiger partial charge on any atom is -0.496 e. The van der Waals surface area contributed by atoms with E-state index in [1.165, 1.54) is 7.11 Å². The summed E-state index contributed by atoms with van der Waals surface area (Å²) in [5.41, 5.74) is 2.00. The summed E-state index contributed by atoms with van der Waals surface area (Å²) >= 11 is 0. The van der Waals surface area contributed by atoms with Crippen LogP contribution >= 0.6 is 0 Å². The topological polar surface area (TPSA) is 66.8 Å². The molecule has 1 aromatic carbocycles. The summed E-state index contributed by atoms with van der Waals surface area (Å²) in [6.45, 7) is 7.95. The average molecular weight is 252 g/mol. The Morgan fingerprint density at radius 2 is 1.89 bits per heavy atom. The predicted molar refractivity (Wildman–Crippen MR) is 69.0 cm³/mol. The van der Waals surface area contributed by atoms with Gasteiger partial charge in [0, 0.05) is 0 Å². The van der Waals surface area contributed by atoms with Crippen molar-refractivity contribution in [3.8, 4) is 5.75 Å². The van der Waals surface area contributed by atoms with Crippen molar-refractivity contribution < 1.29 is 19.7 Å². The highest BCUT2D eigenvalue weighted by Gasteiger charge is 2.24. The molecule has 0 amide bonds. The molecule has 2 N–H and O–H groups in total. The van der Waals surface area contributed by atoms with Gasteiger partial charge < -0.3 is 14.9 Å². The molecule has 18 heavy (non-hydrogen) atoms. The standard InChI is InChI=1S/C14H20O4/c1-8-6-10(14(2,3)4)11(18-5)7-9(8)12(15)13(16)17/h6-7,12,15H,1-5H3,(H,16,17). The molecule has 1 unspecified atom stereocenters. The number of aliphatic hydroxyl groups excluding tert-OH is 1.